The minimum absolute atomic E-state index is 0.192. The molecule has 0 radical (unpaired) electrons. The molecule has 9 heteroatoms. The first-order valence-electron chi connectivity index (χ1n) is 9.34. The molecular weight excluding hydrogens is 382 g/mol. The van der Waals surface area contributed by atoms with Crippen molar-refractivity contribution in [3.05, 3.63) is 71.8 Å². The SMILES string of the molecule is Cc1nn(C)c(C)c1C(=O)Nc1ccc(Oc2cc(-n3ccnc3C)ncn2)cc1. The van der Waals surface area contributed by atoms with Gasteiger partial charge in [-0.05, 0) is 45.0 Å². The average molecular weight is 403 g/mol. The van der Waals surface area contributed by atoms with Crippen molar-refractivity contribution in [2.45, 2.75) is 20.8 Å². The molecule has 4 rings (SSSR count). The second-order valence-electron chi connectivity index (χ2n) is 6.81. The number of carbonyl (C=O) groups is 1. The summed E-state index contributed by atoms with van der Waals surface area (Å²) < 4.78 is 9.37. The summed E-state index contributed by atoms with van der Waals surface area (Å²) in [4.78, 5) is 25.2. The molecule has 0 aliphatic heterocycles. The molecule has 4 aromatic rings. The van der Waals surface area contributed by atoms with Crippen molar-refractivity contribution in [2.24, 2.45) is 7.05 Å². The Kier molecular flexibility index (Phi) is 5.01. The molecule has 0 fully saturated rings. The fraction of sp³-hybridized carbons (Fsp3) is 0.190. The van der Waals surface area contributed by atoms with Gasteiger partial charge in [-0.1, -0.05) is 0 Å². The summed E-state index contributed by atoms with van der Waals surface area (Å²) >= 11 is 0. The van der Waals surface area contributed by atoms with Gasteiger partial charge in [-0.2, -0.15) is 5.10 Å². The number of rotatable bonds is 5. The molecule has 0 aliphatic rings. The van der Waals surface area contributed by atoms with Gasteiger partial charge in [0.05, 0.1) is 11.3 Å². The number of aromatic nitrogens is 6. The van der Waals surface area contributed by atoms with Crippen molar-refractivity contribution in [3.63, 3.8) is 0 Å². The predicted molar refractivity (Wildman–Crippen MR) is 111 cm³/mol. The zero-order valence-electron chi connectivity index (χ0n) is 17.1. The van der Waals surface area contributed by atoms with Crippen LogP contribution in [0.2, 0.25) is 0 Å². The molecule has 3 aromatic heterocycles. The van der Waals surface area contributed by atoms with E-state index in [1.54, 1.807) is 41.2 Å². The van der Waals surface area contributed by atoms with Gasteiger partial charge in [0.15, 0.2) is 0 Å². The Bertz CT molecular complexity index is 1210. The van der Waals surface area contributed by atoms with E-state index in [2.05, 4.69) is 25.4 Å². The van der Waals surface area contributed by atoms with E-state index < -0.39 is 0 Å². The Hall–Kier alpha value is -4.01. The molecule has 1 aromatic carbocycles. The van der Waals surface area contributed by atoms with Crippen LogP contribution in [0.4, 0.5) is 5.69 Å². The highest BCUT2D eigenvalue weighted by atomic mass is 16.5. The smallest absolute Gasteiger partial charge is 0.259 e. The van der Waals surface area contributed by atoms with Crippen LogP contribution in [0.5, 0.6) is 11.6 Å². The normalized spacial score (nSPS) is 10.8. The molecular formula is C21H21N7O2. The third-order valence-corrected chi connectivity index (χ3v) is 4.77. The number of benzene rings is 1. The van der Waals surface area contributed by atoms with Crippen LogP contribution in [-0.4, -0.2) is 35.2 Å². The number of nitrogens with one attached hydrogen (secondary N) is 1. The Labute approximate surface area is 173 Å². The predicted octanol–water partition coefficient (Wildman–Crippen LogP) is 3.37. The van der Waals surface area contributed by atoms with Crippen molar-refractivity contribution in [1.82, 2.24) is 29.3 Å². The van der Waals surface area contributed by atoms with Gasteiger partial charge in [-0.15, -0.1) is 0 Å². The van der Waals surface area contributed by atoms with Crippen molar-refractivity contribution in [3.8, 4) is 17.4 Å². The number of imidazole rings is 1. The lowest BCUT2D eigenvalue weighted by Crippen LogP contribution is -2.14. The van der Waals surface area contributed by atoms with Gasteiger partial charge in [-0.25, -0.2) is 15.0 Å². The highest BCUT2D eigenvalue weighted by molar-refractivity contribution is 6.05. The summed E-state index contributed by atoms with van der Waals surface area (Å²) in [6, 6.07) is 8.82. The molecule has 0 spiro atoms. The maximum Gasteiger partial charge on any atom is 0.259 e. The van der Waals surface area contributed by atoms with Crippen LogP contribution >= 0.6 is 0 Å². The first-order chi connectivity index (χ1) is 14.4. The number of aryl methyl sites for hydroxylation is 3. The standard InChI is InChI=1S/C21H21N7O2/c1-13-20(14(2)27(4)26-13)21(29)25-16-5-7-17(8-6-16)30-19-11-18(23-12-24-19)28-10-9-22-15(28)3/h5-12H,1-4H3,(H,25,29). The van der Waals surface area contributed by atoms with Crippen molar-refractivity contribution in [1.29, 1.82) is 0 Å². The van der Waals surface area contributed by atoms with E-state index in [0.29, 0.717) is 34.4 Å². The zero-order valence-corrected chi connectivity index (χ0v) is 17.1. The Morgan fingerprint density at radius 2 is 1.83 bits per heavy atom. The van der Waals surface area contributed by atoms with E-state index in [-0.39, 0.29) is 5.91 Å². The minimum atomic E-state index is -0.192. The van der Waals surface area contributed by atoms with Crippen molar-refractivity contribution in [2.75, 3.05) is 5.32 Å². The first-order valence-corrected chi connectivity index (χ1v) is 9.34. The fourth-order valence-corrected chi connectivity index (χ4v) is 3.16. The molecule has 0 aliphatic carbocycles. The molecule has 3 heterocycles. The van der Waals surface area contributed by atoms with E-state index in [1.165, 1.54) is 6.33 Å². The summed E-state index contributed by atoms with van der Waals surface area (Å²) in [6.45, 7) is 5.58. The summed E-state index contributed by atoms with van der Waals surface area (Å²) in [5.41, 5.74) is 2.76. The molecule has 30 heavy (non-hydrogen) atoms. The third-order valence-electron chi connectivity index (χ3n) is 4.77. The number of hydrogen-bond donors (Lipinski definition) is 1. The highest BCUT2D eigenvalue weighted by Crippen LogP contribution is 2.23. The Morgan fingerprint density at radius 3 is 2.47 bits per heavy atom. The molecule has 9 nitrogen and oxygen atoms in total. The van der Waals surface area contributed by atoms with Crippen molar-refractivity contribution < 1.29 is 9.53 Å². The van der Waals surface area contributed by atoms with Gasteiger partial charge in [0.25, 0.3) is 5.91 Å². The lowest BCUT2D eigenvalue weighted by Gasteiger charge is -2.09. The van der Waals surface area contributed by atoms with Crippen LogP contribution in [0.15, 0.2) is 49.1 Å². The van der Waals surface area contributed by atoms with Crippen LogP contribution in [0.25, 0.3) is 5.82 Å². The molecule has 0 unspecified atom stereocenters. The lowest BCUT2D eigenvalue weighted by atomic mass is 10.2. The Balaban J connectivity index is 1.47. The number of carbonyl (C=O) groups excluding carboxylic acids is 1. The summed E-state index contributed by atoms with van der Waals surface area (Å²) in [5.74, 6) is 2.29. The molecule has 1 N–H and O–H groups in total. The molecule has 0 saturated carbocycles. The van der Waals surface area contributed by atoms with E-state index in [1.807, 2.05) is 38.6 Å². The van der Waals surface area contributed by atoms with Gasteiger partial charge < -0.3 is 10.1 Å². The van der Waals surface area contributed by atoms with Crippen LogP contribution in [0.1, 0.15) is 27.6 Å². The van der Waals surface area contributed by atoms with Crippen LogP contribution in [-0.2, 0) is 7.05 Å². The minimum Gasteiger partial charge on any atom is -0.439 e. The molecule has 0 saturated heterocycles. The van der Waals surface area contributed by atoms with E-state index >= 15 is 0 Å². The number of nitrogens with zero attached hydrogens (tertiary/aromatic N) is 6. The average Bonchev–Trinajstić information content (AvgIpc) is 3.26. The lowest BCUT2D eigenvalue weighted by molar-refractivity contribution is 0.102. The second kappa shape index (κ2) is 7.78. The van der Waals surface area contributed by atoms with Crippen molar-refractivity contribution >= 4 is 11.6 Å². The summed E-state index contributed by atoms with van der Waals surface area (Å²) in [5, 5.41) is 7.18. The molecule has 0 bridgehead atoms. The number of amides is 1. The number of hydrogen-bond acceptors (Lipinski definition) is 6. The van der Waals surface area contributed by atoms with E-state index in [9.17, 15) is 4.79 Å². The Morgan fingerprint density at radius 1 is 1.07 bits per heavy atom. The fourth-order valence-electron chi connectivity index (χ4n) is 3.16. The first kappa shape index (κ1) is 19.3. The van der Waals surface area contributed by atoms with Gasteiger partial charge in [0, 0.05) is 36.9 Å². The van der Waals surface area contributed by atoms with E-state index in [4.69, 9.17) is 4.74 Å². The number of anilines is 1. The third kappa shape index (κ3) is 3.77. The van der Waals surface area contributed by atoms with Crippen LogP contribution in [0, 0.1) is 20.8 Å². The molecule has 1 amide bonds. The molecule has 0 atom stereocenters. The highest BCUT2D eigenvalue weighted by Gasteiger charge is 2.17. The largest absolute Gasteiger partial charge is 0.439 e. The monoisotopic (exact) mass is 403 g/mol. The second-order valence-corrected chi connectivity index (χ2v) is 6.81. The van der Waals surface area contributed by atoms with Gasteiger partial charge >= 0.3 is 0 Å². The summed E-state index contributed by atoms with van der Waals surface area (Å²) in [6.07, 6.45) is 4.97. The van der Waals surface area contributed by atoms with E-state index in [0.717, 1.165) is 11.5 Å². The molecule has 152 valence electrons. The van der Waals surface area contributed by atoms with Gasteiger partial charge in [0.2, 0.25) is 5.88 Å². The van der Waals surface area contributed by atoms with Crippen LogP contribution in [0.3, 0.4) is 0 Å². The van der Waals surface area contributed by atoms with Crippen LogP contribution < -0.4 is 10.1 Å². The zero-order chi connectivity index (χ0) is 21.3. The number of ether oxygens (including phenoxy) is 1. The van der Waals surface area contributed by atoms with Gasteiger partial charge in [-0.3, -0.25) is 14.0 Å². The maximum atomic E-state index is 12.6. The summed E-state index contributed by atoms with van der Waals surface area (Å²) in [7, 11) is 1.82. The maximum absolute atomic E-state index is 12.6. The topological polar surface area (TPSA) is 99.8 Å². The quantitative estimate of drug-likeness (QED) is 0.548. The van der Waals surface area contributed by atoms with Gasteiger partial charge in [0.1, 0.15) is 23.7 Å².